The van der Waals surface area contributed by atoms with Crippen LogP contribution in [0.3, 0.4) is 0 Å². The van der Waals surface area contributed by atoms with Crippen LogP contribution in [0.25, 0.3) is 0 Å². The van der Waals surface area contributed by atoms with Crippen LogP contribution >= 0.6 is 0 Å². The number of ether oxygens (including phenoxy) is 1. The molecule has 1 aliphatic rings. The second-order valence-corrected chi connectivity index (χ2v) is 5.35. The zero-order chi connectivity index (χ0) is 12.6. The van der Waals surface area contributed by atoms with Crippen LogP contribution in [-0.2, 0) is 4.74 Å². The average molecular weight is 238 g/mol. The lowest BCUT2D eigenvalue weighted by Crippen LogP contribution is -2.47. The van der Waals surface area contributed by atoms with Gasteiger partial charge >= 0.3 is 6.09 Å². The van der Waals surface area contributed by atoms with E-state index in [1.807, 2.05) is 33.8 Å². The molecule has 1 saturated heterocycles. The van der Waals surface area contributed by atoms with E-state index in [0.717, 1.165) is 17.9 Å². The second-order valence-electron chi connectivity index (χ2n) is 5.35. The summed E-state index contributed by atoms with van der Waals surface area (Å²) in [4.78, 5) is 13.5. The van der Waals surface area contributed by atoms with E-state index >= 15 is 0 Å². The van der Waals surface area contributed by atoms with Crippen LogP contribution in [0.5, 0.6) is 0 Å². The average Bonchev–Trinajstić information content (AvgIpc) is 2.45. The number of aryl methyl sites for hydroxylation is 1. The number of likely N-dealkylation sites (tertiary alicyclic amines) is 1. The molecule has 1 unspecified atom stereocenters. The minimum Gasteiger partial charge on any atom is -0.444 e. The lowest BCUT2D eigenvalue weighted by Gasteiger charge is -2.39. The molecule has 1 aromatic heterocycles. The van der Waals surface area contributed by atoms with Gasteiger partial charge in [0.1, 0.15) is 5.60 Å². The van der Waals surface area contributed by atoms with Gasteiger partial charge in [-0.1, -0.05) is 5.16 Å². The number of carbonyl (C=O) groups excluding carboxylic acids is 1. The first-order valence-electron chi connectivity index (χ1n) is 5.79. The first-order chi connectivity index (χ1) is 7.87. The van der Waals surface area contributed by atoms with Crippen molar-refractivity contribution in [1.82, 2.24) is 10.1 Å². The Balaban J connectivity index is 2.02. The molecule has 1 amide bonds. The molecule has 1 fully saturated rings. The molecule has 0 aromatic carbocycles. The van der Waals surface area contributed by atoms with Crippen LogP contribution < -0.4 is 0 Å². The Bertz CT molecular complexity index is 420. The first kappa shape index (κ1) is 12.0. The molecule has 1 aromatic rings. The Kier molecular flexibility index (Phi) is 2.85. The van der Waals surface area contributed by atoms with Crippen molar-refractivity contribution in [2.45, 2.75) is 45.8 Å². The number of amides is 1. The Morgan fingerprint density at radius 1 is 1.59 bits per heavy atom. The summed E-state index contributed by atoms with van der Waals surface area (Å²) in [5.41, 5.74) is 0.366. The van der Waals surface area contributed by atoms with Crippen molar-refractivity contribution in [3.63, 3.8) is 0 Å². The summed E-state index contributed by atoms with van der Waals surface area (Å²) in [7, 11) is 0. The zero-order valence-corrected chi connectivity index (χ0v) is 10.7. The van der Waals surface area contributed by atoms with Gasteiger partial charge in [0, 0.05) is 12.6 Å². The molecule has 0 N–H and O–H groups in total. The van der Waals surface area contributed by atoms with Gasteiger partial charge in [0.2, 0.25) is 0 Å². The van der Waals surface area contributed by atoms with E-state index in [1.165, 1.54) is 0 Å². The fourth-order valence-electron chi connectivity index (χ4n) is 1.76. The second kappa shape index (κ2) is 4.05. The molecule has 1 atom stereocenters. The maximum absolute atomic E-state index is 11.9. The van der Waals surface area contributed by atoms with Crippen molar-refractivity contribution in [3.05, 3.63) is 17.5 Å². The number of nitrogens with zero attached hydrogens (tertiary/aromatic N) is 2. The van der Waals surface area contributed by atoms with Gasteiger partial charge in [-0.05, 0) is 34.1 Å². The highest BCUT2D eigenvalue weighted by Crippen LogP contribution is 2.34. The standard InChI is InChI=1S/C12H18N2O3/c1-8-7-10(17-13-8)9-5-6-14(9)11(15)16-12(2,3)4/h7,9H,5-6H2,1-4H3. The molecule has 2 heterocycles. The molecule has 5 nitrogen and oxygen atoms in total. The van der Waals surface area contributed by atoms with E-state index in [9.17, 15) is 4.79 Å². The van der Waals surface area contributed by atoms with E-state index in [4.69, 9.17) is 9.26 Å². The number of aromatic nitrogens is 1. The van der Waals surface area contributed by atoms with Crippen LogP contribution in [0.4, 0.5) is 4.79 Å². The first-order valence-corrected chi connectivity index (χ1v) is 5.79. The van der Waals surface area contributed by atoms with Crippen LogP contribution in [0.1, 0.15) is 44.7 Å². The fraction of sp³-hybridized carbons (Fsp3) is 0.667. The van der Waals surface area contributed by atoms with Gasteiger partial charge in [0.05, 0.1) is 11.7 Å². The van der Waals surface area contributed by atoms with Gasteiger partial charge in [0.15, 0.2) is 5.76 Å². The lowest BCUT2D eigenvalue weighted by molar-refractivity contribution is -0.0108. The van der Waals surface area contributed by atoms with Crippen molar-refractivity contribution < 1.29 is 14.1 Å². The fourth-order valence-corrected chi connectivity index (χ4v) is 1.76. The molecule has 0 spiro atoms. The van der Waals surface area contributed by atoms with Gasteiger partial charge in [-0.3, -0.25) is 4.90 Å². The summed E-state index contributed by atoms with van der Waals surface area (Å²) >= 11 is 0. The highest BCUT2D eigenvalue weighted by Gasteiger charge is 2.38. The summed E-state index contributed by atoms with van der Waals surface area (Å²) in [6.45, 7) is 8.15. The predicted octanol–water partition coefficient (Wildman–Crippen LogP) is 2.66. The van der Waals surface area contributed by atoms with Gasteiger partial charge < -0.3 is 9.26 Å². The topological polar surface area (TPSA) is 55.6 Å². The number of hydrogen-bond acceptors (Lipinski definition) is 4. The Morgan fingerprint density at radius 2 is 2.29 bits per heavy atom. The smallest absolute Gasteiger partial charge is 0.410 e. The minimum absolute atomic E-state index is 0.0222. The highest BCUT2D eigenvalue weighted by molar-refractivity contribution is 5.69. The van der Waals surface area contributed by atoms with Crippen molar-refractivity contribution in [3.8, 4) is 0 Å². The molecule has 0 bridgehead atoms. The third-order valence-corrected chi connectivity index (χ3v) is 2.62. The Labute approximate surface area is 101 Å². The predicted molar refractivity (Wildman–Crippen MR) is 61.5 cm³/mol. The summed E-state index contributed by atoms with van der Waals surface area (Å²) in [5.74, 6) is 0.736. The van der Waals surface area contributed by atoms with Crippen molar-refractivity contribution in [1.29, 1.82) is 0 Å². The molecule has 2 rings (SSSR count). The van der Waals surface area contributed by atoms with Gasteiger partial charge in [-0.2, -0.15) is 0 Å². The molecule has 0 saturated carbocycles. The van der Waals surface area contributed by atoms with Gasteiger partial charge in [-0.15, -0.1) is 0 Å². The summed E-state index contributed by atoms with van der Waals surface area (Å²) in [5, 5.41) is 3.83. The molecule has 5 heteroatoms. The number of hydrogen-bond donors (Lipinski definition) is 0. The summed E-state index contributed by atoms with van der Waals surface area (Å²) in [6, 6.07) is 1.84. The van der Waals surface area contributed by atoms with Gasteiger partial charge in [-0.25, -0.2) is 4.79 Å². The van der Waals surface area contributed by atoms with Crippen molar-refractivity contribution in [2.24, 2.45) is 0 Å². The molecule has 0 radical (unpaired) electrons. The van der Waals surface area contributed by atoms with Crippen LogP contribution in [0.15, 0.2) is 10.6 Å². The summed E-state index contributed by atoms with van der Waals surface area (Å²) < 4.78 is 10.5. The molecular weight excluding hydrogens is 220 g/mol. The van der Waals surface area contributed by atoms with Crippen LogP contribution in [0.2, 0.25) is 0 Å². The Hall–Kier alpha value is -1.52. The summed E-state index contributed by atoms with van der Waals surface area (Å²) in [6.07, 6.45) is 0.608. The largest absolute Gasteiger partial charge is 0.444 e. The zero-order valence-electron chi connectivity index (χ0n) is 10.7. The van der Waals surface area contributed by atoms with Gasteiger partial charge in [0.25, 0.3) is 0 Å². The van der Waals surface area contributed by atoms with E-state index < -0.39 is 5.60 Å². The monoisotopic (exact) mass is 238 g/mol. The maximum atomic E-state index is 11.9. The SMILES string of the molecule is Cc1cc(C2CCN2C(=O)OC(C)(C)C)on1. The van der Waals surface area contributed by atoms with Crippen LogP contribution in [-0.4, -0.2) is 28.3 Å². The number of carbonyl (C=O) groups is 1. The van der Waals surface area contributed by atoms with E-state index in [1.54, 1.807) is 4.90 Å². The van der Waals surface area contributed by atoms with E-state index in [2.05, 4.69) is 5.16 Å². The quantitative estimate of drug-likeness (QED) is 0.754. The van der Waals surface area contributed by atoms with Crippen molar-refractivity contribution >= 4 is 6.09 Å². The minimum atomic E-state index is -0.464. The Morgan fingerprint density at radius 3 is 2.71 bits per heavy atom. The maximum Gasteiger partial charge on any atom is 0.410 e. The molecular formula is C12H18N2O3. The van der Waals surface area contributed by atoms with E-state index in [0.29, 0.717) is 6.54 Å². The highest BCUT2D eigenvalue weighted by atomic mass is 16.6. The molecule has 0 aliphatic carbocycles. The van der Waals surface area contributed by atoms with Crippen molar-refractivity contribution in [2.75, 3.05) is 6.54 Å². The third-order valence-electron chi connectivity index (χ3n) is 2.62. The van der Waals surface area contributed by atoms with Crippen LogP contribution in [0, 0.1) is 6.92 Å². The lowest BCUT2D eigenvalue weighted by atomic mass is 10.0. The molecule has 1 aliphatic heterocycles. The molecule has 17 heavy (non-hydrogen) atoms. The van der Waals surface area contributed by atoms with E-state index in [-0.39, 0.29) is 12.1 Å². The number of rotatable bonds is 1. The normalized spacial score (nSPS) is 20.0. The third kappa shape index (κ3) is 2.60. The molecule has 94 valence electrons.